The predicted molar refractivity (Wildman–Crippen MR) is 84.8 cm³/mol. The molecule has 0 aliphatic carbocycles. The van der Waals surface area contributed by atoms with Gasteiger partial charge in [-0.05, 0) is 49.6 Å². The first-order valence-electron chi connectivity index (χ1n) is 6.07. The number of aryl methyl sites for hydroxylation is 3. The maximum Gasteiger partial charge on any atom is 0.0869 e. The Balaban J connectivity index is 2.60. The highest BCUT2D eigenvalue weighted by molar-refractivity contribution is 6.38. The van der Waals surface area contributed by atoms with Gasteiger partial charge in [0, 0.05) is 15.6 Å². The van der Waals surface area contributed by atoms with Crippen molar-refractivity contribution in [3.63, 3.8) is 0 Å². The lowest BCUT2D eigenvalue weighted by atomic mass is 9.94. The predicted octanol–water partition coefficient (Wildman–Crippen LogP) is 6.25. The minimum atomic E-state index is -0.332. The lowest BCUT2D eigenvalue weighted by molar-refractivity contribution is 1.07. The average Bonchev–Trinajstić information content (AvgIpc) is 2.26. The summed E-state index contributed by atoms with van der Waals surface area (Å²) in [4.78, 5) is 0. The maximum atomic E-state index is 6.64. The average molecular weight is 314 g/mol. The zero-order valence-corrected chi connectivity index (χ0v) is 13.4. The molecule has 100 valence electrons. The van der Waals surface area contributed by atoms with Crippen LogP contribution < -0.4 is 0 Å². The van der Waals surface area contributed by atoms with Crippen LogP contribution in [0.2, 0.25) is 10.0 Å². The molecule has 0 bridgehead atoms. The van der Waals surface area contributed by atoms with E-state index in [0.717, 1.165) is 22.3 Å². The van der Waals surface area contributed by atoms with Gasteiger partial charge in [0.1, 0.15) is 0 Å². The Hall–Kier alpha value is -0.690. The molecule has 3 heteroatoms. The number of hydrogen-bond donors (Lipinski definition) is 0. The Morgan fingerprint density at radius 3 is 1.79 bits per heavy atom. The molecule has 1 unspecified atom stereocenters. The van der Waals surface area contributed by atoms with E-state index in [9.17, 15) is 0 Å². The van der Waals surface area contributed by atoms with E-state index >= 15 is 0 Å². The van der Waals surface area contributed by atoms with Gasteiger partial charge in [0.25, 0.3) is 0 Å². The molecule has 0 N–H and O–H groups in total. The van der Waals surface area contributed by atoms with Crippen molar-refractivity contribution in [1.29, 1.82) is 0 Å². The quantitative estimate of drug-likeness (QED) is 0.575. The molecule has 2 aromatic carbocycles. The normalized spacial score (nSPS) is 12.5. The summed E-state index contributed by atoms with van der Waals surface area (Å²) in [7, 11) is 0. The summed E-state index contributed by atoms with van der Waals surface area (Å²) in [6, 6.07) is 9.71. The highest BCUT2D eigenvalue weighted by atomic mass is 35.5. The van der Waals surface area contributed by atoms with Crippen molar-refractivity contribution in [2.24, 2.45) is 0 Å². The fraction of sp³-hybridized carbons (Fsp3) is 0.250. The SMILES string of the molecule is Cc1cc(C)c(C(Cl)c2c(Cl)cccc2Cl)c(C)c1. The van der Waals surface area contributed by atoms with Gasteiger partial charge in [0.2, 0.25) is 0 Å². The summed E-state index contributed by atoms with van der Waals surface area (Å²) in [5, 5.41) is 0.876. The Morgan fingerprint density at radius 1 is 0.842 bits per heavy atom. The monoisotopic (exact) mass is 312 g/mol. The van der Waals surface area contributed by atoms with E-state index in [-0.39, 0.29) is 5.38 Å². The van der Waals surface area contributed by atoms with Crippen LogP contribution in [-0.4, -0.2) is 0 Å². The molecule has 0 aromatic heterocycles. The molecule has 19 heavy (non-hydrogen) atoms. The molecule has 1 atom stereocenters. The smallest absolute Gasteiger partial charge is 0.0869 e. The van der Waals surface area contributed by atoms with Crippen LogP contribution in [0.15, 0.2) is 30.3 Å². The molecule has 0 amide bonds. The van der Waals surface area contributed by atoms with Crippen LogP contribution in [-0.2, 0) is 0 Å². The van der Waals surface area contributed by atoms with Crippen molar-refractivity contribution in [3.8, 4) is 0 Å². The van der Waals surface area contributed by atoms with E-state index in [1.54, 1.807) is 0 Å². The minimum Gasteiger partial charge on any atom is -0.112 e. The first-order chi connectivity index (χ1) is 8.91. The van der Waals surface area contributed by atoms with Gasteiger partial charge in [0.15, 0.2) is 0 Å². The highest BCUT2D eigenvalue weighted by Crippen LogP contribution is 2.40. The summed E-state index contributed by atoms with van der Waals surface area (Å²) in [5.74, 6) is 0. The summed E-state index contributed by atoms with van der Waals surface area (Å²) in [5.41, 5.74) is 5.42. The molecule has 0 spiro atoms. The first kappa shape index (κ1) is 14.7. The third kappa shape index (κ3) is 2.91. The van der Waals surface area contributed by atoms with Gasteiger partial charge in [-0.1, -0.05) is 47.0 Å². The van der Waals surface area contributed by atoms with Crippen molar-refractivity contribution < 1.29 is 0 Å². The number of hydrogen-bond acceptors (Lipinski definition) is 0. The Bertz CT molecular complexity index is 574. The molecular weight excluding hydrogens is 299 g/mol. The van der Waals surface area contributed by atoms with Gasteiger partial charge in [-0.2, -0.15) is 0 Å². The van der Waals surface area contributed by atoms with E-state index in [0.29, 0.717) is 10.0 Å². The number of benzene rings is 2. The van der Waals surface area contributed by atoms with Crippen molar-refractivity contribution in [3.05, 3.63) is 68.2 Å². The second-order valence-corrected chi connectivity index (χ2v) is 6.06. The zero-order chi connectivity index (χ0) is 14.2. The van der Waals surface area contributed by atoms with E-state index in [2.05, 4.69) is 32.9 Å². The van der Waals surface area contributed by atoms with Crippen LogP contribution in [0.3, 0.4) is 0 Å². The molecule has 0 radical (unpaired) electrons. The lowest BCUT2D eigenvalue weighted by Crippen LogP contribution is -2.02. The van der Waals surface area contributed by atoms with E-state index in [1.807, 2.05) is 18.2 Å². The third-order valence-electron chi connectivity index (χ3n) is 3.24. The molecule has 0 fully saturated rings. The molecule has 0 aliphatic rings. The molecule has 0 nitrogen and oxygen atoms in total. The molecule has 0 heterocycles. The second-order valence-electron chi connectivity index (χ2n) is 4.81. The van der Waals surface area contributed by atoms with Crippen molar-refractivity contribution in [1.82, 2.24) is 0 Å². The fourth-order valence-electron chi connectivity index (χ4n) is 2.49. The summed E-state index contributed by atoms with van der Waals surface area (Å²) in [6.07, 6.45) is 0. The molecule has 2 rings (SSSR count). The third-order valence-corrected chi connectivity index (χ3v) is 4.34. The summed E-state index contributed by atoms with van der Waals surface area (Å²) in [6.45, 7) is 6.21. The molecule has 0 saturated heterocycles. The van der Waals surface area contributed by atoms with Crippen LogP contribution >= 0.6 is 34.8 Å². The molecule has 0 saturated carbocycles. The van der Waals surface area contributed by atoms with Crippen LogP contribution in [0.25, 0.3) is 0 Å². The van der Waals surface area contributed by atoms with Crippen molar-refractivity contribution >= 4 is 34.8 Å². The van der Waals surface area contributed by atoms with Crippen LogP contribution in [0, 0.1) is 20.8 Å². The van der Waals surface area contributed by atoms with Crippen molar-refractivity contribution in [2.75, 3.05) is 0 Å². The Kier molecular flexibility index (Phi) is 4.45. The topological polar surface area (TPSA) is 0 Å². The van der Waals surface area contributed by atoms with Gasteiger partial charge >= 0.3 is 0 Å². The summed E-state index contributed by atoms with van der Waals surface area (Å²) >= 11 is 19.1. The standard InChI is InChI=1S/C16H15Cl3/c1-9-7-10(2)14(11(3)8-9)16(19)15-12(17)5-4-6-13(15)18/h4-8,16H,1-3H3. The van der Waals surface area contributed by atoms with E-state index in [4.69, 9.17) is 34.8 Å². The van der Waals surface area contributed by atoms with Gasteiger partial charge < -0.3 is 0 Å². The zero-order valence-electron chi connectivity index (χ0n) is 11.1. The van der Waals surface area contributed by atoms with Gasteiger partial charge in [0.05, 0.1) is 5.38 Å². The molecule has 0 aliphatic heterocycles. The van der Waals surface area contributed by atoms with Gasteiger partial charge in [-0.25, -0.2) is 0 Å². The van der Waals surface area contributed by atoms with Crippen LogP contribution in [0.1, 0.15) is 33.2 Å². The second kappa shape index (κ2) is 5.75. The molecular formula is C16H15Cl3. The molecule has 2 aromatic rings. The number of alkyl halides is 1. The van der Waals surface area contributed by atoms with Gasteiger partial charge in [-0.3, -0.25) is 0 Å². The number of halogens is 3. The van der Waals surface area contributed by atoms with Crippen LogP contribution in [0.4, 0.5) is 0 Å². The van der Waals surface area contributed by atoms with E-state index < -0.39 is 0 Å². The van der Waals surface area contributed by atoms with Crippen molar-refractivity contribution in [2.45, 2.75) is 26.1 Å². The fourth-order valence-corrected chi connectivity index (χ4v) is 3.79. The Morgan fingerprint density at radius 2 is 1.32 bits per heavy atom. The minimum absolute atomic E-state index is 0.332. The van der Waals surface area contributed by atoms with Crippen LogP contribution in [0.5, 0.6) is 0 Å². The Labute approximate surface area is 129 Å². The maximum absolute atomic E-state index is 6.64. The largest absolute Gasteiger partial charge is 0.112 e. The first-order valence-corrected chi connectivity index (χ1v) is 7.26. The lowest BCUT2D eigenvalue weighted by Gasteiger charge is -2.19. The number of rotatable bonds is 2. The van der Waals surface area contributed by atoms with Gasteiger partial charge in [-0.15, -0.1) is 11.6 Å². The highest BCUT2D eigenvalue weighted by Gasteiger charge is 2.21. The summed E-state index contributed by atoms with van der Waals surface area (Å²) < 4.78 is 0. The van der Waals surface area contributed by atoms with E-state index in [1.165, 1.54) is 5.56 Å².